The summed E-state index contributed by atoms with van der Waals surface area (Å²) in [6.07, 6.45) is 10.0. The zero-order valence-corrected chi connectivity index (χ0v) is 44.5. The quantitative estimate of drug-likeness (QED) is 0.0753. The van der Waals surface area contributed by atoms with Crippen LogP contribution in [0.3, 0.4) is 0 Å². The number of imide groups is 2. The van der Waals surface area contributed by atoms with Crippen LogP contribution in [-0.4, -0.2) is 145 Å². The van der Waals surface area contributed by atoms with Gasteiger partial charge in [0.1, 0.15) is 30.1 Å². The van der Waals surface area contributed by atoms with Crippen LogP contribution in [0.15, 0.2) is 61.1 Å². The highest BCUT2D eigenvalue weighted by molar-refractivity contribution is 7.46. The molecule has 4 N–H and O–H groups in total. The van der Waals surface area contributed by atoms with Gasteiger partial charge in [0, 0.05) is 91.4 Å². The van der Waals surface area contributed by atoms with Gasteiger partial charge < -0.3 is 34.7 Å². The van der Waals surface area contributed by atoms with Gasteiger partial charge in [-0.2, -0.15) is 0 Å². The van der Waals surface area contributed by atoms with Crippen molar-refractivity contribution in [2.75, 3.05) is 66.5 Å². The number of hydrogen-bond acceptors (Lipinski definition) is 17. The number of carbonyl (C=O) groups is 5. The number of nitrogens with zero attached hydrogens (tertiary/aromatic N) is 9. The molecule has 11 rings (SSSR count). The van der Waals surface area contributed by atoms with E-state index in [1.807, 2.05) is 12.1 Å². The van der Waals surface area contributed by atoms with Crippen molar-refractivity contribution in [1.29, 1.82) is 0 Å². The highest BCUT2D eigenvalue weighted by Crippen LogP contribution is 2.43. The molecule has 6 aliphatic rings. The van der Waals surface area contributed by atoms with Crippen molar-refractivity contribution in [2.24, 2.45) is 0 Å². The summed E-state index contributed by atoms with van der Waals surface area (Å²) in [7, 11) is -7.84. The first-order valence-corrected chi connectivity index (χ1v) is 28.4. The number of hydrogen-bond donors (Lipinski definition) is 4. The molecule has 3 saturated heterocycles. The number of aliphatic hydroxyl groups excluding tert-OH is 1. The zero-order valence-electron chi connectivity index (χ0n) is 45.8. The number of likely N-dealkylation sites (tertiary alicyclic amines) is 1. The molecule has 5 aromatic rings. The summed E-state index contributed by atoms with van der Waals surface area (Å²) >= 11 is 1.58. The van der Waals surface area contributed by atoms with Gasteiger partial charge in [-0.05, 0) is 131 Å². The summed E-state index contributed by atoms with van der Waals surface area (Å²) in [6.45, 7) is 8.33. The molecule has 77 heavy (non-hydrogen) atoms. The number of piperidine rings is 2. The van der Waals surface area contributed by atoms with Crippen molar-refractivity contribution in [3.05, 3.63) is 98.6 Å². The first kappa shape index (κ1) is 48.7. The maximum Gasteiger partial charge on any atom is 0.471 e. The lowest BCUT2D eigenvalue weighted by atomic mass is 9.91. The molecule has 9 heterocycles. The molecule has 2 unspecified atom stereocenters. The first-order valence-electron chi connectivity index (χ1n) is 27.5. The minimum atomic E-state index is -5.02. The second-order valence-corrected chi connectivity index (χ2v) is 23.0. The van der Waals surface area contributed by atoms with Crippen molar-refractivity contribution in [1.82, 2.24) is 29.7 Å². The monoisotopic (exact) mass is 1090 g/mol. The normalized spacial score (nSPS) is 23.3. The number of anilines is 5. The number of carbonyl (C=O) groups excluding carboxylic acids is 5. The lowest BCUT2D eigenvalue weighted by Gasteiger charge is -2.48. The summed E-state index contributed by atoms with van der Waals surface area (Å²) in [4.78, 5) is 112. The van der Waals surface area contributed by atoms with Crippen LogP contribution >= 0.6 is 19.2 Å². The van der Waals surface area contributed by atoms with Crippen LogP contribution in [0.2, 0.25) is 0 Å². The van der Waals surface area contributed by atoms with Gasteiger partial charge in [-0.15, -0.1) is 11.3 Å². The molecule has 5 atom stereocenters. The molecule has 23 heteroatoms. The molecule has 1 aromatic carbocycles. The van der Waals surface area contributed by atoms with Crippen LogP contribution in [0, 0.1) is 0 Å². The number of fused-ring (bicyclic) bond motifs is 4. The molecule has 3 fully saturated rings. The molecule has 5 amide bonds. The fourth-order valence-corrected chi connectivity index (χ4v) is 13.9. The molecular weight excluding hydrogens is 1030 g/mol. The number of thiophene rings is 1. The van der Waals surface area contributed by atoms with E-state index >= 15 is 0 Å². The average molecular weight is 1090 g/mol. The van der Waals surface area contributed by atoms with E-state index in [4.69, 9.17) is 23.6 Å². The molecule has 0 bridgehead atoms. The number of benzene rings is 1. The van der Waals surface area contributed by atoms with Crippen LogP contribution in [0.5, 0.6) is 5.88 Å². The second kappa shape index (κ2) is 21.0. The summed E-state index contributed by atoms with van der Waals surface area (Å²) in [6, 6.07) is 11.4. The number of nitrogens with one attached hydrogen (secondary N) is 1. The van der Waals surface area contributed by atoms with E-state index in [1.54, 1.807) is 65.9 Å². The Kier molecular flexibility index (Phi) is 13.3. The Balaban J connectivity index is 0.737. The Morgan fingerprint density at radius 1 is 0.831 bits per heavy atom. The number of piperazine rings is 1. The van der Waals surface area contributed by atoms with Crippen LogP contribution in [0.1, 0.15) is 121 Å². The first-order chi connectivity index (χ1) is 38.1. The van der Waals surface area contributed by atoms with Crippen LogP contribution in [-0.2, 0) is 37.9 Å². The van der Waals surface area contributed by atoms with E-state index in [2.05, 4.69) is 48.4 Å². The molecule has 1 aliphatic carbocycles. The molecule has 404 valence electrons. The Bertz CT molecular complexity index is 3360. The number of rotatable bonds is 13. The molecule has 4 aromatic heterocycles. The Morgan fingerprint density at radius 2 is 1.62 bits per heavy atom. The number of methoxy groups -OCH3 is 1. The van der Waals surface area contributed by atoms with Gasteiger partial charge in [0.25, 0.3) is 23.6 Å². The highest BCUT2D eigenvalue weighted by Gasteiger charge is 2.48. The minimum Gasteiger partial charge on any atom is -0.480 e. The fraction of sp³-hybridized carbons (Fsp3) is 0.444. The van der Waals surface area contributed by atoms with Crippen molar-refractivity contribution in [3.63, 3.8) is 0 Å². The number of phosphoric ester groups is 1. The van der Waals surface area contributed by atoms with E-state index < -0.39 is 57.4 Å². The summed E-state index contributed by atoms with van der Waals surface area (Å²) in [5, 5.41) is 14.6. The SMILES string of the molecule is [2H]C([2H])([2H])Oc1ncc(-c2ccnc(N3CCc4c(sc5c4CCCC5)C3=O)c2[C@H](C)O)cc1Nc1ccc(N2CCN(C3CCN(c4ccc5c(c4)C(=O)N(C4CCC(=O)N(COP(=O)(O)O)C4=O)C5=O)[C@@H](C)C3)C[C@@H]2C)cn1. The number of pyridine rings is 3. The topological polar surface area (TPSA) is 252 Å². The van der Waals surface area contributed by atoms with Crippen LogP contribution < -0.4 is 24.8 Å². The van der Waals surface area contributed by atoms with E-state index in [1.165, 1.54) is 16.6 Å². The maximum absolute atomic E-state index is 14.2. The van der Waals surface area contributed by atoms with Gasteiger partial charge in [0.2, 0.25) is 11.8 Å². The van der Waals surface area contributed by atoms with Crippen molar-refractivity contribution >= 4 is 77.4 Å². The minimum absolute atomic E-state index is 0.0658. The fourth-order valence-electron chi connectivity index (χ4n) is 12.2. The Labute approximate surface area is 453 Å². The van der Waals surface area contributed by atoms with Crippen molar-refractivity contribution < 1.29 is 56.8 Å². The third-order valence-corrected chi connectivity index (χ3v) is 17.7. The molecule has 0 radical (unpaired) electrons. The van der Waals surface area contributed by atoms with E-state index in [-0.39, 0.29) is 59.6 Å². The van der Waals surface area contributed by atoms with Gasteiger partial charge in [-0.3, -0.25) is 48.1 Å². The average Bonchev–Trinajstić information content (AvgIpc) is 3.89. The largest absolute Gasteiger partial charge is 0.480 e. The Hall–Kier alpha value is -6.65. The van der Waals surface area contributed by atoms with E-state index in [0.29, 0.717) is 52.7 Å². The van der Waals surface area contributed by atoms with Gasteiger partial charge in [0.05, 0.1) is 45.1 Å². The van der Waals surface area contributed by atoms with Gasteiger partial charge in [0.15, 0.2) is 0 Å². The maximum atomic E-state index is 14.2. The van der Waals surface area contributed by atoms with Gasteiger partial charge >= 0.3 is 7.82 Å². The highest BCUT2D eigenvalue weighted by atomic mass is 32.1. The summed E-state index contributed by atoms with van der Waals surface area (Å²) < 4.78 is 44.7. The predicted molar refractivity (Wildman–Crippen MR) is 287 cm³/mol. The molecule has 5 aliphatic heterocycles. The van der Waals surface area contributed by atoms with Crippen molar-refractivity contribution in [2.45, 2.75) is 109 Å². The molecule has 0 spiro atoms. The zero-order chi connectivity index (χ0) is 56.5. The third kappa shape index (κ3) is 9.89. The molecular formula is C54H61N10O11PS. The van der Waals surface area contributed by atoms with Crippen LogP contribution in [0.4, 0.5) is 28.7 Å². The molecule has 21 nitrogen and oxygen atoms in total. The smallest absolute Gasteiger partial charge is 0.471 e. The lowest BCUT2D eigenvalue weighted by molar-refractivity contribution is -0.155. The number of ether oxygens (including phenoxy) is 1. The summed E-state index contributed by atoms with van der Waals surface area (Å²) in [5.41, 5.74) is 6.14. The number of amides is 5. The van der Waals surface area contributed by atoms with Gasteiger partial charge in [-0.1, -0.05) is 0 Å². The Morgan fingerprint density at radius 3 is 2.38 bits per heavy atom. The molecule has 0 saturated carbocycles. The van der Waals surface area contributed by atoms with E-state index in [0.717, 1.165) is 84.9 Å². The standard InChI is InChI=1S/C54H61N10O11PS/c1-30-23-34(16-19-60(30)35-9-11-40-41(25-35)52(68)64(51(40)67)43-12-14-46(66)63(53(43)69)29-75-76(71,72)73)59-21-22-61(31(2)28-59)36-10-13-45(56-27-36)58-42-24-33(26-57-50(42)74-4)37-15-18-55-49(47(37)32(3)65)62-20-17-39-38-7-5-6-8-44(38)77-48(39)54(62)70/h9-11,13,15,18,24-27,30-32,34,43,65H,5-8,12,14,16-17,19-23,28-29H2,1-4H3,(H,56,58)(H2,71,72,73)/t30-,31-,32-,34?,43?/m0/s1/i4D3. The predicted octanol–water partition coefficient (Wildman–Crippen LogP) is 6.24. The summed E-state index contributed by atoms with van der Waals surface area (Å²) in [5.74, 6) is -2.60. The lowest BCUT2D eigenvalue weighted by Crippen LogP contribution is -2.58. The number of aliphatic hydroxyl groups is 1. The van der Waals surface area contributed by atoms with Crippen molar-refractivity contribution in [3.8, 4) is 17.0 Å². The van der Waals surface area contributed by atoms with E-state index in [9.17, 15) is 33.6 Å². The van der Waals surface area contributed by atoms with Crippen LogP contribution in [0.25, 0.3) is 11.1 Å². The number of aryl methyl sites for hydroxylation is 1. The second-order valence-electron chi connectivity index (χ2n) is 20.6. The third-order valence-electron chi connectivity index (χ3n) is 16.0. The number of phosphoric acid groups is 1. The number of aromatic nitrogens is 3. The van der Waals surface area contributed by atoms with Gasteiger partial charge in [-0.25, -0.2) is 19.5 Å².